The van der Waals surface area contributed by atoms with E-state index < -0.39 is 0 Å². The van der Waals surface area contributed by atoms with E-state index in [1.54, 1.807) is 12.4 Å². The first-order valence-corrected chi connectivity index (χ1v) is 6.72. The second-order valence-corrected chi connectivity index (χ2v) is 6.49. The minimum Gasteiger partial charge on any atom is -0.330 e. The van der Waals surface area contributed by atoms with Gasteiger partial charge in [0, 0.05) is 17.2 Å². The largest absolute Gasteiger partial charge is 0.330 e. The molecule has 0 fully saturated rings. The van der Waals surface area contributed by atoms with Gasteiger partial charge in [-0.1, -0.05) is 20.8 Å². The van der Waals surface area contributed by atoms with E-state index in [9.17, 15) is 4.79 Å². The highest BCUT2D eigenvalue weighted by Crippen LogP contribution is 2.25. The van der Waals surface area contributed by atoms with Gasteiger partial charge in [0.1, 0.15) is 0 Å². The predicted molar refractivity (Wildman–Crippen MR) is 77.2 cm³/mol. The normalized spacial score (nSPS) is 13.2. The Bertz CT molecular complexity index is 415. The number of nitrogens with zero attached hydrogens (tertiary/aromatic N) is 1. The van der Waals surface area contributed by atoms with Crippen LogP contribution in [0, 0.1) is 11.3 Å². The van der Waals surface area contributed by atoms with Gasteiger partial charge < -0.3 is 11.1 Å². The quantitative estimate of drug-likeness (QED) is 0.898. The van der Waals surface area contributed by atoms with Crippen molar-refractivity contribution in [2.75, 3.05) is 11.9 Å². The van der Waals surface area contributed by atoms with E-state index in [4.69, 9.17) is 5.73 Å². The third-order valence-electron chi connectivity index (χ3n) is 2.49. The van der Waals surface area contributed by atoms with Crippen LogP contribution in [0.4, 0.5) is 5.69 Å². The van der Waals surface area contributed by atoms with Crippen molar-refractivity contribution in [1.82, 2.24) is 4.98 Å². The first kappa shape index (κ1) is 15.1. The van der Waals surface area contributed by atoms with E-state index in [2.05, 4.69) is 47.0 Å². The topological polar surface area (TPSA) is 68.0 Å². The van der Waals surface area contributed by atoms with Gasteiger partial charge in [0.15, 0.2) is 0 Å². The van der Waals surface area contributed by atoms with Crippen LogP contribution in [-0.4, -0.2) is 17.4 Å². The highest BCUT2D eigenvalue weighted by Gasteiger charge is 2.23. The van der Waals surface area contributed by atoms with Crippen LogP contribution in [0.25, 0.3) is 0 Å². The molecule has 1 atom stereocenters. The summed E-state index contributed by atoms with van der Waals surface area (Å²) in [7, 11) is 0. The van der Waals surface area contributed by atoms with Gasteiger partial charge in [-0.3, -0.25) is 9.78 Å². The molecule has 1 aromatic rings. The molecular weight excluding hydrogens is 294 g/mol. The van der Waals surface area contributed by atoms with Crippen LogP contribution in [0.2, 0.25) is 0 Å². The summed E-state index contributed by atoms with van der Waals surface area (Å²) in [6, 6.07) is 1.82. The van der Waals surface area contributed by atoms with Crippen LogP contribution in [0.5, 0.6) is 0 Å². The van der Waals surface area contributed by atoms with Gasteiger partial charge in [0.05, 0.1) is 17.8 Å². The van der Waals surface area contributed by atoms with E-state index in [1.807, 2.05) is 6.07 Å². The molecule has 0 bridgehead atoms. The molecule has 18 heavy (non-hydrogen) atoms. The molecule has 1 heterocycles. The number of hydrogen-bond donors (Lipinski definition) is 2. The van der Waals surface area contributed by atoms with Crippen molar-refractivity contribution >= 4 is 27.5 Å². The number of anilines is 1. The second-order valence-electron chi connectivity index (χ2n) is 5.58. The van der Waals surface area contributed by atoms with Crippen molar-refractivity contribution in [1.29, 1.82) is 0 Å². The van der Waals surface area contributed by atoms with Crippen molar-refractivity contribution in [2.45, 2.75) is 27.2 Å². The standard InChI is InChI=1S/C13H20BrN3O/c1-13(2,3)5-9(6-15)12(18)17-11-4-10(14)7-16-8-11/h4,7-9H,5-6,15H2,1-3H3,(H,17,18). The number of carbonyl (C=O) groups excluding carboxylic acids is 1. The Labute approximate surface area is 116 Å². The Morgan fingerprint density at radius 3 is 2.67 bits per heavy atom. The van der Waals surface area contributed by atoms with E-state index in [0.29, 0.717) is 12.2 Å². The molecule has 0 aliphatic rings. The van der Waals surface area contributed by atoms with Crippen molar-refractivity contribution in [3.8, 4) is 0 Å². The predicted octanol–water partition coefficient (Wildman–Crippen LogP) is 2.79. The zero-order chi connectivity index (χ0) is 13.8. The lowest BCUT2D eigenvalue weighted by atomic mass is 9.84. The van der Waals surface area contributed by atoms with Crippen molar-refractivity contribution in [3.63, 3.8) is 0 Å². The molecule has 5 heteroatoms. The molecule has 0 saturated heterocycles. The molecule has 1 rings (SSSR count). The lowest BCUT2D eigenvalue weighted by Crippen LogP contribution is -2.32. The smallest absolute Gasteiger partial charge is 0.228 e. The Morgan fingerprint density at radius 1 is 1.50 bits per heavy atom. The van der Waals surface area contributed by atoms with Crippen molar-refractivity contribution in [3.05, 3.63) is 22.9 Å². The molecule has 3 N–H and O–H groups in total. The fourth-order valence-electron chi connectivity index (χ4n) is 1.75. The maximum atomic E-state index is 12.1. The third kappa shape index (κ3) is 5.14. The van der Waals surface area contributed by atoms with Gasteiger partial charge in [-0.15, -0.1) is 0 Å². The summed E-state index contributed by atoms with van der Waals surface area (Å²) in [5, 5.41) is 2.84. The summed E-state index contributed by atoms with van der Waals surface area (Å²) in [5.74, 6) is -0.226. The SMILES string of the molecule is CC(C)(C)CC(CN)C(=O)Nc1cncc(Br)c1. The zero-order valence-electron chi connectivity index (χ0n) is 11.0. The first-order valence-electron chi connectivity index (χ1n) is 5.93. The van der Waals surface area contributed by atoms with Crippen molar-refractivity contribution in [2.24, 2.45) is 17.1 Å². The maximum absolute atomic E-state index is 12.1. The van der Waals surface area contributed by atoms with Gasteiger partial charge in [0.25, 0.3) is 0 Å². The molecule has 4 nitrogen and oxygen atoms in total. The van der Waals surface area contributed by atoms with Gasteiger partial charge in [-0.25, -0.2) is 0 Å². The third-order valence-corrected chi connectivity index (χ3v) is 2.92. The molecule has 0 spiro atoms. The Hall–Kier alpha value is -0.940. The van der Waals surface area contributed by atoms with E-state index in [0.717, 1.165) is 10.9 Å². The number of nitrogens with two attached hydrogens (primary N) is 1. The maximum Gasteiger partial charge on any atom is 0.228 e. The average molecular weight is 314 g/mol. The van der Waals surface area contributed by atoms with Crippen LogP contribution < -0.4 is 11.1 Å². The van der Waals surface area contributed by atoms with E-state index >= 15 is 0 Å². The first-order chi connectivity index (χ1) is 8.31. The minimum atomic E-state index is -0.177. The summed E-state index contributed by atoms with van der Waals surface area (Å²) in [4.78, 5) is 16.1. The fraction of sp³-hybridized carbons (Fsp3) is 0.538. The highest BCUT2D eigenvalue weighted by molar-refractivity contribution is 9.10. The number of aromatic nitrogens is 1. The van der Waals surface area contributed by atoms with E-state index in [-0.39, 0.29) is 17.2 Å². The molecule has 100 valence electrons. The van der Waals surface area contributed by atoms with Gasteiger partial charge in [0.2, 0.25) is 5.91 Å². The minimum absolute atomic E-state index is 0.0488. The zero-order valence-corrected chi connectivity index (χ0v) is 12.6. The number of hydrogen-bond acceptors (Lipinski definition) is 3. The molecular formula is C13H20BrN3O. The number of halogens is 1. The molecule has 0 radical (unpaired) electrons. The monoisotopic (exact) mass is 313 g/mol. The van der Waals surface area contributed by atoms with Gasteiger partial charge in [-0.2, -0.15) is 0 Å². The summed E-state index contributed by atoms with van der Waals surface area (Å²) >= 11 is 3.32. The molecule has 1 amide bonds. The fourth-order valence-corrected chi connectivity index (χ4v) is 2.11. The van der Waals surface area contributed by atoms with Crippen LogP contribution >= 0.6 is 15.9 Å². The second kappa shape index (κ2) is 6.29. The number of nitrogens with one attached hydrogen (secondary N) is 1. The lowest BCUT2D eigenvalue weighted by Gasteiger charge is -2.24. The Balaban J connectivity index is 2.68. The van der Waals surface area contributed by atoms with E-state index in [1.165, 1.54) is 0 Å². The number of pyridine rings is 1. The summed E-state index contributed by atoms with van der Waals surface area (Å²) in [6.45, 7) is 6.65. The molecule has 0 aliphatic heterocycles. The Kier molecular flexibility index (Phi) is 5.28. The van der Waals surface area contributed by atoms with Gasteiger partial charge in [-0.05, 0) is 33.8 Å². The number of amides is 1. The van der Waals surface area contributed by atoms with Crippen LogP contribution in [0.3, 0.4) is 0 Å². The van der Waals surface area contributed by atoms with Crippen LogP contribution in [0.1, 0.15) is 27.2 Å². The highest BCUT2D eigenvalue weighted by atomic mass is 79.9. The molecule has 1 unspecified atom stereocenters. The van der Waals surface area contributed by atoms with Crippen LogP contribution in [0.15, 0.2) is 22.9 Å². The summed E-state index contributed by atoms with van der Waals surface area (Å²) in [5.41, 5.74) is 6.44. The molecule has 1 aromatic heterocycles. The van der Waals surface area contributed by atoms with Gasteiger partial charge >= 0.3 is 0 Å². The molecule has 0 aliphatic carbocycles. The number of rotatable bonds is 4. The molecule has 0 saturated carbocycles. The summed E-state index contributed by atoms with van der Waals surface area (Å²) in [6.07, 6.45) is 4.05. The average Bonchev–Trinajstić information content (AvgIpc) is 2.24. The molecule has 0 aromatic carbocycles. The summed E-state index contributed by atoms with van der Waals surface area (Å²) < 4.78 is 0.834. The van der Waals surface area contributed by atoms with Crippen molar-refractivity contribution < 1.29 is 4.79 Å². The number of carbonyl (C=O) groups is 1. The Morgan fingerprint density at radius 2 is 2.17 bits per heavy atom. The lowest BCUT2D eigenvalue weighted by molar-refractivity contribution is -0.120. The van der Waals surface area contributed by atoms with Crippen LogP contribution in [-0.2, 0) is 4.79 Å².